The van der Waals surface area contributed by atoms with Crippen molar-refractivity contribution in [2.75, 3.05) is 6.54 Å². The molecule has 1 fully saturated rings. The standard InChI is InChI=1S/C13H18N2O/c1-2-10-5-3-4-6-11(10)8-15-9-12(14)7-13(15)16/h3-6,12H,2,7-9,14H2,1H3. The number of hydrogen-bond donors (Lipinski definition) is 1. The Hall–Kier alpha value is -1.35. The fourth-order valence-corrected chi connectivity index (χ4v) is 2.22. The van der Waals surface area contributed by atoms with Crippen molar-refractivity contribution in [2.45, 2.75) is 32.4 Å². The molecule has 2 N–H and O–H groups in total. The number of hydrogen-bond acceptors (Lipinski definition) is 2. The quantitative estimate of drug-likeness (QED) is 0.831. The van der Waals surface area contributed by atoms with Gasteiger partial charge >= 0.3 is 0 Å². The predicted octanol–water partition coefficient (Wildman–Crippen LogP) is 1.31. The lowest BCUT2D eigenvalue weighted by Gasteiger charge is -2.18. The Morgan fingerprint density at radius 2 is 2.06 bits per heavy atom. The minimum atomic E-state index is 0.0151. The van der Waals surface area contributed by atoms with Crippen LogP contribution >= 0.6 is 0 Å². The molecule has 1 amide bonds. The molecule has 86 valence electrons. The molecule has 16 heavy (non-hydrogen) atoms. The van der Waals surface area contributed by atoms with Crippen molar-refractivity contribution in [3.63, 3.8) is 0 Å². The second-order valence-electron chi connectivity index (χ2n) is 4.36. The molecule has 3 heteroatoms. The van der Waals surface area contributed by atoms with E-state index < -0.39 is 0 Å². The van der Waals surface area contributed by atoms with E-state index >= 15 is 0 Å². The van der Waals surface area contributed by atoms with Gasteiger partial charge in [0.15, 0.2) is 0 Å². The van der Waals surface area contributed by atoms with Gasteiger partial charge in [-0.25, -0.2) is 0 Å². The zero-order valence-electron chi connectivity index (χ0n) is 9.65. The summed E-state index contributed by atoms with van der Waals surface area (Å²) >= 11 is 0. The van der Waals surface area contributed by atoms with E-state index in [-0.39, 0.29) is 11.9 Å². The summed E-state index contributed by atoms with van der Waals surface area (Å²) in [5, 5.41) is 0. The molecule has 1 aliphatic rings. The molecule has 0 bridgehead atoms. The van der Waals surface area contributed by atoms with Crippen LogP contribution in [0.15, 0.2) is 24.3 Å². The lowest BCUT2D eigenvalue weighted by molar-refractivity contribution is -0.128. The minimum absolute atomic E-state index is 0.0151. The van der Waals surface area contributed by atoms with E-state index in [1.54, 1.807) is 0 Å². The fourth-order valence-electron chi connectivity index (χ4n) is 2.22. The number of likely N-dealkylation sites (tertiary alicyclic amines) is 1. The lowest BCUT2D eigenvalue weighted by atomic mass is 10.1. The van der Waals surface area contributed by atoms with Crippen molar-refractivity contribution in [2.24, 2.45) is 5.73 Å². The third kappa shape index (κ3) is 2.25. The number of carbonyl (C=O) groups excluding carboxylic acids is 1. The van der Waals surface area contributed by atoms with Gasteiger partial charge in [0, 0.05) is 25.6 Å². The predicted molar refractivity (Wildman–Crippen MR) is 63.8 cm³/mol. The molecule has 1 atom stereocenters. The second kappa shape index (κ2) is 4.66. The molecule has 1 aromatic carbocycles. The Morgan fingerprint density at radius 3 is 2.62 bits per heavy atom. The van der Waals surface area contributed by atoms with Crippen LogP contribution in [-0.4, -0.2) is 23.4 Å². The number of amides is 1. The van der Waals surface area contributed by atoms with E-state index in [1.807, 2.05) is 17.0 Å². The molecule has 1 aromatic rings. The van der Waals surface area contributed by atoms with Crippen molar-refractivity contribution in [1.82, 2.24) is 4.90 Å². The highest BCUT2D eigenvalue weighted by Crippen LogP contribution is 2.17. The molecule has 0 aliphatic carbocycles. The zero-order valence-corrected chi connectivity index (χ0v) is 9.65. The summed E-state index contributed by atoms with van der Waals surface area (Å²) in [7, 11) is 0. The Labute approximate surface area is 96.2 Å². The molecule has 0 aromatic heterocycles. The SMILES string of the molecule is CCc1ccccc1CN1CC(N)CC1=O. The molecule has 1 aliphatic heterocycles. The van der Waals surface area contributed by atoms with E-state index in [1.165, 1.54) is 11.1 Å². The maximum atomic E-state index is 11.6. The summed E-state index contributed by atoms with van der Waals surface area (Å²) in [4.78, 5) is 13.5. The largest absolute Gasteiger partial charge is 0.337 e. The molecular weight excluding hydrogens is 200 g/mol. The number of aryl methyl sites for hydroxylation is 1. The van der Waals surface area contributed by atoms with Crippen LogP contribution in [0.4, 0.5) is 0 Å². The molecule has 2 rings (SSSR count). The van der Waals surface area contributed by atoms with Crippen molar-refractivity contribution >= 4 is 5.91 Å². The maximum absolute atomic E-state index is 11.6. The zero-order chi connectivity index (χ0) is 11.5. The Bertz CT molecular complexity index is 389. The third-order valence-electron chi connectivity index (χ3n) is 3.10. The number of nitrogens with zero attached hydrogens (tertiary/aromatic N) is 1. The van der Waals surface area contributed by atoms with Crippen LogP contribution in [0.2, 0.25) is 0 Å². The fraction of sp³-hybridized carbons (Fsp3) is 0.462. The van der Waals surface area contributed by atoms with Crippen molar-refractivity contribution in [3.05, 3.63) is 35.4 Å². The van der Waals surface area contributed by atoms with Crippen LogP contribution in [0.25, 0.3) is 0 Å². The van der Waals surface area contributed by atoms with Gasteiger partial charge in [0.2, 0.25) is 5.91 Å². The van der Waals surface area contributed by atoms with Gasteiger partial charge < -0.3 is 10.6 Å². The highest BCUT2D eigenvalue weighted by Gasteiger charge is 2.26. The average molecular weight is 218 g/mol. The van der Waals surface area contributed by atoms with Crippen LogP contribution in [-0.2, 0) is 17.8 Å². The first-order valence-corrected chi connectivity index (χ1v) is 5.81. The number of benzene rings is 1. The molecule has 0 spiro atoms. The van der Waals surface area contributed by atoms with Gasteiger partial charge in [-0.1, -0.05) is 31.2 Å². The first-order valence-electron chi connectivity index (χ1n) is 5.81. The van der Waals surface area contributed by atoms with Gasteiger partial charge in [0.25, 0.3) is 0 Å². The molecule has 1 heterocycles. The summed E-state index contributed by atoms with van der Waals surface area (Å²) in [6, 6.07) is 8.29. The summed E-state index contributed by atoms with van der Waals surface area (Å²) in [5.41, 5.74) is 8.34. The Kier molecular flexibility index (Phi) is 3.25. The van der Waals surface area contributed by atoms with Crippen molar-refractivity contribution < 1.29 is 4.79 Å². The number of carbonyl (C=O) groups is 1. The van der Waals surface area contributed by atoms with Crippen LogP contribution < -0.4 is 5.73 Å². The lowest BCUT2D eigenvalue weighted by Crippen LogP contribution is -2.28. The normalized spacial score (nSPS) is 20.5. The minimum Gasteiger partial charge on any atom is -0.337 e. The maximum Gasteiger partial charge on any atom is 0.224 e. The Balaban J connectivity index is 2.12. The second-order valence-corrected chi connectivity index (χ2v) is 4.36. The molecule has 0 saturated carbocycles. The molecular formula is C13H18N2O. The smallest absolute Gasteiger partial charge is 0.224 e. The number of rotatable bonds is 3. The van der Waals surface area contributed by atoms with Crippen LogP contribution in [0.3, 0.4) is 0 Å². The van der Waals surface area contributed by atoms with Gasteiger partial charge in [-0.15, -0.1) is 0 Å². The van der Waals surface area contributed by atoms with Crippen LogP contribution in [0, 0.1) is 0 Å². The molecule has 3 nitrogen and oxygen atoms in total. The van der Waals surface area contributed by atoms with Gasteiger partial charge in [0.05, 0.1) is 0 Å². The first kappa shape index (κ1) is 11.1. The van der Waals surface area contributed by atoms with E-state index in [4.69, 9.17) is 5.73 Å². The van der Waals surface area contributed by atoms with E-state index in [9.17, 15) is 4.79 Å². The molecule has 1 saturated heterocycles. The monoisotopic (exact) mass is 218 g/mol. The summed E-state index contributed by atoms with van der Waals surface area (Å²) in [6.07, 6.45) is 1.50. The van der Waals surface area contributed by atoms with E-state index in [2.05, 4.69) is 19.1 Å². The molecule has 0 radical (unpaired) electrons. The summed E-state index contributed by atoms with van der Waals surface area (Å²) in [6.45, 7) is 3.53. The van der Waals surface area contributed by atoms with Gasteiger partial charge in [-0.3, -0.25) is 4.79 Å². The topological polar surface area (TPSA) is 46.3 Å². The van der Waals surface area contributed by atoms with E-state index in [0.29, 0.717) is 19.5 Å². The van der Waals surface area contributed by atoms with Gasteiger partial charge in [-0.05, 0) is 17.5 Å². The Morgan fingerprint density at radius 1 is 1.38 bits per heavy atom. The van der Waals surface area contributed by atoms with Crippen LogP contribution in [0.1, 0.15) is 24.5 Å². The van der Waals surface area contributed by atoms with Gasteiger partial charge in [0.1, 0.15) is 0 Å². The average Bonchev–Trinajstić information content (AvgIpc) is 2.58. The van der Waals surface area contributed by atoms with Crippen LogP contribution in [0.5, 0.6) is 0 Å². The van der Waals surface area contributed by atoms with E-state index in [0.717, 1.165) is 6.42 Å². The highest BCUT2D eigenvalue weighted by molar-refractivity contribution is 5.79. The van der Waals surface area contributed by atoms with Crippen molar-refractivity contribution in [3.8, 4) is 0 Å². The summed E-state index contributed by atoms with van der Waals surface area (Å²) < 4.78 is 0. The molecule has 1 unspecified atom stereocenters. The van der Waals surface area contributed by atoms with Gasteiger partial charge in [-0.2, -0.15) is 0 Å². The first-order chi connectivity index (χ1) is 7.70. The van der Waals surface area contributed by atoms with Crippen molar-refractivity contribution in [1.29, 1.82) is 0 Å². The highest BCUT2D eigenvalue weighted by atomic mass is 16.2. The number of nitrogens with two attached hydrogens (primary N) is 1. The summed E-state index contributed by atoms with van der Waals surface area (Å²) in [5.74, 6) is 0.179. The third-order valence-corrected chi connectivity index (χ3v) is 3.10.